The third-order valence-corrected chi connectivity index (χ3v) is 6.41. The van der Waals surface area contributed by atoms with Crippen molar-refractivity contribution in [2.75, 3.05) is 20.8 Å². The monoisotopic (exact) mass is 463 g/mol. The molecule has 0 fully saturated rings. The lowest BCUT2D eigenvalue weighted by molar-refractivity contribution is -0.138. The quantitative estimate of drug-likeness (QED) is 0.616. The number of aromatic hydroxyl groups is 1. The highest BCUT2D eigenvalue weighted by Gasteiger charge is 2.41. The molecule has 0 bridgehead atoms. The van der Waals surface area contributed by atoms with Crippen molar-refractivity contribution in [3.63, 3.8) is 0 Å². The van der Waals surface area contributed by atoms with Crippen LogP contribution in [0.15, 0.2) is 65.0 Å². The van der Waals surface area contributed by atoms with Crippen molar-refractivity contribution < 1.29 is 28.9 Å². The predicted octanol–water partition coefficient (Wildman–Crippen LogP) is 4.33. The molecule has 0 aromatic heterocycles. The summed E-state index contributed by atoms with van der Waals surface area (Å²) in [5.74, 6) is 0.137. The van der Waals surface area contributed by atoms with Crippen molar-refractivity contribution in [2.45, 2.75) is 38.5 Å². The number of benzene rings is 2. The van der Waals surface area contributed by atoms with Gasteiger partial charge in [-0.15, -0.1) is 0 Å². The van der Waals surface area contributed by atoms with Crippen LogP contribution in [0, 0.1) is 0 Å². The van der Waals surface area contributed by atoms with Gasteiger partial charge in [0.15, 0.2) is 17.3 Å². The van der Waals surface area contributed by atoms with Gasteiger partial charge in [-0.25, -0.2) is 4.79 Å². The molecule has 2 aromatic carbocycles. The van der Waals surface area contributed by atoms with Crippen molar-refractivity contribution in [3.8, 4) is 17.2 Å². The van der Waals surface area contributed by atoms with Gasteiger partial charge in [0, 0.05) is 29.3 Å². The second kappa shape index (κ2) is 9.63. The fourth-order valence-corrected chi connectivity index (χ4v) is 4.90. The molecule has 7 nitrogen and oxygen atoms in total. The van der Waals surface area contributed by atoms with E-state index in [0.717, 1.165) is 11.3 Å². The van der Waals surface area contributed by atoms with E-state index >= 15 is 0 Å². The molecule has 0 spiro atoms. The van der Waals surface area contributed by atoms with Crippen LogP contribution in [0.2, 0.25) is 0 Å². The number of rotatable bonds is 6. The lowest BCUT2D eigenvalue weighted by atomic mass is 9.71. The zero-order valence-electron chi connectivity index (χ0n) is 19.8. The topological polar surface area (TPSA) is 94.1 Å². The summed E-state index contributed by atoms with van der Waals surface area (Å²) in [7, 11) is 3.17. The first-order valence-corrected chi connectivity index (χ1v) is 11.3. The maximum Gasteiger partial charge on any atom is 0.336 e. The van der Waals surface area contributed by atoms with Crippen LogP contribution in [0.25, 0.3) is 0 Å². The third-order valence-electron chi connectivity index (χ3n) is 6.41. The molecule has 34 heavy (non-hydrogen) atoms. The van der Waals surface area contributed by atoms with Gasteiger partial charge < -0.3 is 24.6 Å². The average Bonchev–Trinajstić information content (AvgIpc) is 2.82. The number of hydrogen-bond donors (Lipinski definition) is 2. The van der Waals surface area contributed by atoms with Gasteiger partial charge in [0.1, 0.15) is 5.75 Å². The summed E-state index contributed by atoms with van der Waals surface area (Å²) in [6.45, 7) is 3.79. The number of esters is 1. The molecule has 1 heterocycles. The molecule has 2 N–H and O–H groups in total. The summed E-state index contributed by atoms with van der Waals surface area (Å²) in [6.07, 6.45) is 0.889. The van der Waals surface area contributed by atoms with Crippen molar-refractivity contribution in [2.24, 2.45) is 0 Å². The smallest absolute Gasteiger partial charge is 0.336 e. The molecule has 2 aromatic rings. The maximum atomic E-state index is 13.6. The van der Waals surface area contributed by atoms with E-state index in [2.05, 4.69) is 5.32 Å². The number of phenols is 1. The van der Waals surface area contributed by atoms with Crippen LogP contribution in [-0.2, 0) is 14.3 Å². The minimum Gasteiger partial charge on any atom is -0.508 e. The van der Waals surface area contributed by atoms with Crippen LogP contribution < -0.4 is 14.8 Å². The fourth-order valence-electron chi connectivity index (χ4n) is 4.90. The highest BCUT2D eigenvalue weighted by Crippen LogP contribution is 2.46. The number of carbonyl (C=O) groups is 2. The first-order chi connectivity index (χ1) is 16.4. The van der Waals surface area contributed by atoms with Crippen molar-refractivity contribution in [1.29, 1.82) is 0 Å². The number of carbonyl (C=O) groups excluding carboxylic acids is 2. The van der Waals surface area contributed by atoms with E-state index in [9.17, 15) is 14.7 Å². The van der Waals surface area contributed by atoms with E-state index < -0.39 is 11.9 Å². The number of Topliss-reactive ketones (excluding diaryl/α,β-unsaturated/α-hetero) is 1. The zero-order valence-corrected chi connectivity index (χ0v) is 19.8. The summed E-state index contributed by atoms with van der Waals surface area (Å²) in [6, 6.07) is 12.4. The highest BCUT2D eigenvalue weighted by molar-refractivity contribution is 6.04. The lowest BCUT2D eigenvalue weighted by Crippen LogP contribution is -2.36. The molecule has 2 aliphatic rings. The van der Waals surface area contributed by atoms with Crippen LogP contribution in [0.3, 0.4) is 0 Å². The number of nitrogens with one attached hydrogen (secondary N) is 1. The number of phenolic OH excluding ortho intramolecular Hbond substituents is 1. The Labute approximate surface area is 199 Å². The summed E-state index contributed by atoms with van der Waals surface area (Å²) in [4.78, 5) is 26.5. The van der Waals surface area contributed by atoms with Gasteiger partial charge >= 0.3 is 5.97 Å². The van der Waals surface area contributed by atoms with Gasteiger partial charge in [0.05, 0.1) is 26.4 Å². The zero-order chi connectivity index (χ0) is 24.4. The maximum absolute atomic E-state index is 13.6. The molecule has 2 atom stereocenters. The number of methoxy groups -OCH3 is 2. The van der Waals surface area contributed by atoms with Crippen molar-refractivity contribution >= 4 is 11.8 Å². The van der Waals surface area contributed by atoms with E-state index in [1.165, 1.54) is 0 Å². The van der Waals surface area contributed by atoms with Crippen molar-refractivity contribution in [1.82, 2.24) is 5.32 Å². The molecule has 0 unspecified atom stereocenters. The van der Waals surface area contributed by atoms with E-state index in [0.29, 0.717) is 46.7 Å². The highest BCUT2D eigenvalue weighted by atomic mass is 16.5. The number of dihydropyridines is 1. The Balaban J connectivity index is 1.78. The molecular weight excluding hydrogens is 434 g/mol. The predicted molar refractivity (Wildman–Crippen MR) is 127 cm³/mol. The van der Waals surface area contributed by atoms with Gasteiger partial charge in [-0.3, -0.25) is 4.79 Å². The Morgan fingerprint density at radius 1 is 1.06 bits per heavy atom. The number of hydrogen-bond acceptors (Lipinski definition) is 7. The first-order valence-electron chi connectivity index (χ1n) is 11.3. The van der Waals surface area contributed by atoms with Crippen LogP contribution in [0.5, 0.6) is 17.2 Å². The van der Waals surface area contributed by atoms with Gasteiger partial charge in [0.2, 0.25) is 0 Å². The van der Waals surface area contributed by atoms with Crippen molar-refractivity contribution in [3.05, 3.63) is 76.1 Å². The van der Waals surface area contributed by atoms with Crippen LogP contribution in [0.4, 0.5) is 0 Å². The Bertz CT molecular complexity index is 1200. The minimum absolute atomic E-state index is 0.0452. The van der Waals surface area contributed by atoms with Gasteiger partial charge in [-0.2, -0.15) is 0 Å². The van der Waals surface area contributed by atoms with Crippen LogP contribution in [-0.4, -0.2) is 37.7 Å². The third kappa shape index (κ3) is 4.25. The standard InChI is InChI=1S/C27H29NO6/c1-5-34-27(31)24-15(2)28-20-12-18(16-9-10-22(32-3)23(14-16)33-4)13-21(30)26(20)25(24)17-7-6-8-19(29)11-17/h6-11,14,18,25,28-29H,5,12-13H2,1-4H3/t18-,25-/m1/s1. The molecule has 1 aliphatic heterocycles. The van der Waals surface area contributed by atoms with Gasteiger partial charge in [0.25, 0.3) is 0 Å². The minimum atomic E-state index is -0.610. The molecular formula is C27H29NO6. The Kier molecular flexibility index (Phi) is 6.63. The Morgan fingerprint density at radius 3 is 2.50 bits per heavy atom. The summed E-state index contributed by atoms with van der Waals surface area (Å²) >= 11 is 0. The van der Waals surface area contributed by atoms with E-state index in [1.54, 1.807) is 39.3 Å². The summed E-state index contributed by atoms with van der Waals surface area (Å²) < 4.78 is 16.1. The number of ether oxygens (including phenoxy) is 3. The van der Waals surface area contributed by atoms with E-state index in [-0.39, 0.29) is 24.1 Å². The number of allylic oxidation sites excluding steroid dienone is 3. The first kappa shape index (κ1) is 23.4. The second-order valence-electron chi connectivity index (χ2n) is 8.45. The average molecular weight is 464 g/mol. The molecule has 178 valence electrons. The van der Waals surface area contributed by atoms with Gasteiger partial charge in [-0.1, -0.05) is 18.2 Å². The SMILES string of the molecule is CCOC(=O)C1=C(C)NC2=C(C(=O)C[C@H](c3ccc(OC)c(OC)c3)C2)[C@@H]1c1cccc(O)c1. The molecule has 1 aliphatic carbocycles. The molecule has 7 heteroatoms. The molecule has 0 saturated heterocycles. The Morgan fingerprint density at radius 2 is 1.82 bits per heavy atom. The molecule has 0 saturated carbocycles. The Hall–Kier alpha value is -3.74. The van der Waals surface area contributed by atoms with E-state index in [4.69, 9.17) is 14.2 Å². The normalized spacial score (nSPS) is 19.9. The molecule has 0 radical (unpaired) electrons. The van der Waals surface area contributed by atoms with Gasteiger partial charge in [-0.05, 0) is 61.6 Å². The number of ketones is 1. The lowest BCUT2D eigenvalue weighted by Gasteiger charge is -2.36. The second-order valence-corrected chi connectivity index (χ2v) is 8.45. The van der Waals surface area contributed by atoms with Crippen LogP contribution >= 0.6 is 0 Å². The largest absolute Gasteiger partial charge is 0.508 e. The fraction of sp³-hybridized carbons (Fsp3) is 0.333. The summed E-state index contributed by atoms with van der Waals surface area (Å²) in [5, 5.41) is 13.4. The van der Waals surface area contributed by atoms with E-state index in [1.807, 2.05) is 31.2 Å². The molecule has 0 amide bonds. The van der Waals surface area contributed by atoms with Crippen LogP contribution in [0.1, 0.15) is 49.7 Å². The summed E-state index contributed by atoms with van der Waals surface area (Å²) in [5.41, 5.74) is 4.03. The molecule has 4 rings (SSSR count).